The average Bonchev–Trinajstić information content (AvgIpc) is 2.77. The molecule has 102 valence electrons. The Kier molecular flexibility index (Phi) is 4.37. The predicted octanol–water partition coefficient (Wildman–Crippen LogP) is 3.30. The Morgan fingerprint density at radius 2 is 2.11 bits per heavy atom. The molecule has 1 N–H and O–H groups in total. The minimum Gasteiger partial charge on any atom is -0.463 e. The van der Waals surface area contributed by atoms with Crippen molar-refractivity contribution >= 4 is 32.7 Å². The molecule has 0 radical (unpaired) electrons. The molecule has 1 unspecified atom stereocenters. The zero-order valence-corrected chi connectivity index (χ0v) is 12.2. The second-order valence-corrected chi connectivity index (χ2v) is 5.78. The fourth-order valence-electron chi connectivity index (χ4n) is 1.62. The van der Waals surface area contributed by atoms with Crippen LogP contribution < -0.4 is 5.32 Å². The van der Waals surface area contributed by atoms with Crippen molar-refractivity contribution in [2.45, 2.75) is 26.9 Å². The number of aromatic nitrogens is 1. The highest BCUT2D eigenvalue weighted by Gasteiger charge is 2.16. The molecule has 1 aromatic carbocycles. The zero-order valence-electron chi connectivity index (χ0n) is 11.3. The lowest BCUT2D eigenvalue weighted by atomic mass is 10.2. The summed E-state index contributed by atoms with van der Waals surface area (Å²) in [7, 11) is 0. The van der Waals surface area contributed by atoms with Crippen LogP contribution in [0.3, 0.4) is 0 Å². The Balaban J connectivity index is 1.93. The number of hydrogen-bond acceptors (Lipinski definition) is 5. The molecule has 1 aromatic heterocycles. The summed E-state index contributed by atoms with van der Waals surface area (Å²) in [6.45, 7) is 6.09. The minimum absolute atomic E-state index is 0.0719. The van der Waals surface area contributed by atoms with Crippen LogP contribution in [0.4, 0.5) is 5.13 Å². The summed E-state index contributed by atoms with van der Waals surface area (Å²) in [5.74, 6) is -0.363. The number of benzene rings is 1. The molecule has 2 rings (SSSR count). The third-order valence-electron chi connectivity index (χ3n) is 2.61. The number of fused-ring (bicyclic) bond motifs is 1. The molecule has 0 aliphatic heterocycles. The maximum atomic E-state index is 11.7. The van der Waals surface area contributed by atoms with Crippen molar-refractivity contribution in [1.29, 1.82) is 0 Å². The molecule has 0 aliphatic carbocycles. The summed E-state index contributed by atoms with van der Waals surface area (Å²) >= 11 is 1.59. The summed E-state index contributed by atoms with van der Waals surface area (Å²) < 4.78 is 6.30. The highest BCUT2D eigenvalue weighted by molar-refractivity contribution is 7.22. The van der Waals surface area contributed by atoms with Gasteiger partial charge in [-0.1, -0.05) is 30.4 Å². The van der Waals surface area contributed by atoms with Crippen molar-refractivity contribution < 1.29 is 9.53 Å². The molecular formula is C14H18N2O2S. The van der Waals surface area contributed by atoms with Gasteiger partial charge >= 0.3 is 5.97 Å². The van der Waals surface area contributed by atoms with Gasteiger partial charge in [0, 0.05) is 6.54 Å². The van der Waals surface area contributed by atoms with Gasteiger partial charge in [-0.05, 0) is 26.0 Å². The quantitative estimate of drug-likeness (QED) is 0.853. The van der Waals surface area contributed by atoms with E-state index in [1.165, 1.54) is 0 Å². The molecule has 2 aromatic rings. The van der Waals surface area contributed by atoms with Crippen LogP contribution >= 0.6 is 11.3 Å². The van der Waals surface area contributed by atoms with E-state index in [4.69, 9.17) is 4.74 Å². The Labute approximate surface area is 116 Å². The normalized spacial score (nSPS) is 12.6. The van der Waals surface area contributed by atoms with Crippen molar-refractivity contribution in [3.05, 3.63) is 24.3 Å². The van der Waals surface area contributed by atoms with E-state index in [2.05, 4.69) is 10.3 Å². The molecule has 1 heterocycles. The van der Waals surface area contributed by atoms with Crippen LogP contribution in [-0.2, 0) is 9.53 Å². The molecular weight excluding hydrogens is 260 g/mol. The summed E-state index contributed by atoms with van der Waals surface area (Å²) in [6, 6.07) is 7.98. The van der Waals surface area contributed by atoms with Crippen LogP contribution in [0.1, 0.15) is 20.8 Å². The molecule has 0 saturated heterocycles. The molecule has 0 saturated carbocycles. The number of carbonyl (C=O) groups is 1. The van der Waals surface area contributed by atoms with Gasteiger partial charge in [-0.25, -0.2) is 4.98 Å². The van der Waals surface area contributed by atoms with Crippen LogP contribution in [-0.4, -0.2) is 23.6 Å². The fraction of sp³-hybridized carbons (Fsp3) is 0.429. The van der Waals surface area contributed by atoms with E-state index in [9.17, 15) is 4.79 Å². The van der Waals surface area contributed by atoms with Gasteiger partial charge in [-0.15, -0.1) is 0 Å². The minimum atomic E-state index is -0.186. The number of anilines is 1. The first-order chi connectivity index (χ1) is 9.06. The monoisotopic (exact) mass is 278 g/mol. The number of carbonyl (C=O) groups excluding carboxylic acids is 1. The SMILES string of the molecule is CC(C)OC(=O)C(C)CNc1nc2ccccc2s1. The predicted molar refractivity (Wildman–Crippen MR) is 78.5 cm³/mol. The molecule has 0 aliphatic rings. The number of esters is 1. The van der Waals surface area contributed by atoms with Crippen molar-refractivity contribution in [3.8, 4) is 0 Å². The van der Waals surface area contributed by atoms with Crippen LogP contribution in [0.25, 0.3) is 10.2 Å². The standard InChI is InChI=1S/C14H18N2O2S/c1-9(2)18-13(17)10(3)8-15-14-16-11-6-4-5-7-12(11)19-14/h4-7,9-10H,8H2,1-3H3,(H,15,16). The Morgan fingerprint density at radius 1 is 1.37 bits per heavy atom. The first kappa shape index (κ1) is 13.8. The second kappa shape index (κ2) is 6.02. The Bertz CT molecular complexity index is 532. The van der Waals surface area contributed by atoms with Gasteiger partial charge in [0.25, 0.3) is 0 Å². The van der Waals surface area contributed by atoms with Gasteiger partial charge in [0.2, 0.25) is 0 Å². The Hall–Kier alpha value is -1.62. The Morgan fingerprint density at radius 3 is 2.79 bits per heavy atom. The van der Waals surface area contributed by atoms with Crippen LogP contribution in [0.15, 0.2) is 24.3 Å². The molecule has 19 heavy (non-hydrogen) atoms. The maximum Gasteiger partial charge on any atom is 0.310 e. The van der Waals surface area contributed by atoms with Gasteiger partial charge in [0.05, 0.1) is 22.2 Å². The third kappa shape index (κ3) is 3.67. The van der Waals surface area contributed by atoms with Gasteiger partial charge < -0.3 is 10.1 Å². The van der Waals surface area contributed by atoms with Crippen molar-refractivity contribution in [2.24, 2.45) is 5.92 Å². The van der Waals surface area contributed by atoms with E-state index in [1.807, 2.05) is 45.0 Å². The average molecular weight is 278 g/mol. The maximum absolute atomic E-state index is 11.7. The van der Waals surface area contributed by atoms with E-state index < -0.39 is 0 Å². The largest absolute Gasteiger partial charge is 0.463 e. The zero-order chi connectivity index (χ0) is 13.8. The van der Waals surface area contributed by atoms with Crippen LogP contribution in [0, 0.1) is 5.92 Å². The van der Waals surface area contributed by atoms with E-state index in [-0.39, 0.29) is 18.0 Å². The van der Waals surface area contributed by atoms with E-state index in [0.29, 0.717) is 6.54 Å². The number of nitrogens with zero attached hydrogens (tertiary/aromatic N) is 1. The molecule has 0 bridgehead atoms. The lowest BCUT2D eigenvalue weighted by molar-refractivity contribution is -0.151. The summed E-state index contributed by atoms with van der Waals surface area (Å²) in [4.78, 5) is 16.1. The summed E-state index contributed by atoms with van der Waals surface area (Å²) in [5, 5.41) is 4.03. The summed E-state index contributed by atoms with van der Waals surface area (Å²) in [6.07, 6.45) is -0.0719. The molecule has 4 nitrogen and oxygen atoms in total. The van der Waals surface area contributed by atoms with Crippen molar-refractivity contribution in [1.82, 2.24) is 4.98 Å². The van der Waals surface area contributed by atoms with E-state index >= 15 is 0 Å². The molecule has 0 amide bonds. The number of hydrogen-bond donors (Lipinski definition) is 1. The lowest BCUT2D eigenvalue weighted by Crippen LogP contribution is -2.24. The molecule has 5 heteroatoms. The highest BCUT2D eigenvalue weighted by atomic mass is 32.1. The van der Waals surface area contributed by atoms with Crippen molar-refractivity contribution in [2.75, 3.05) is 11.9 Å². The van der Waals surface area contributed by atoms with Crippen LogP contribution in [0.2, 0.25) is 0 Å². The number of nitrogens with one attached hydrogen (secondary N) is 1. The molecule has 0 spiro atoms. The molecule has 1 atom stereocenters. The smallest absolute Gasteiger partial charge is 0.310 e. The van der Waals surface area contributed by atoms with Crippen LogP contribution in [0.5, 0.6) is 0 Å². The fourth-order valence-corrected chi connectivity index (χ4v) is 2.49. The van der Waals surface area contributed by atoms with E-state index in [0.717, 1.165) is 15.3 Å². The number of thiazole rings is 1. The summed E-state index contributed by atoms with van der Waals surface area (Å²) in [5.41, 5.74) is 0.979. The first-order valence-corrected chi connectivity index (χ1v) is 7.18. The molecule has 0 fully saturated rings. The van der Waals surface area contributed by atoms with Gasteiger partial charge in [-0.2, -0.15) is 0 Å². The van der Waals surface area contributed by atoms with Gasteiger partial charge in [-0.3, -0.25) is 4.79 Å². The number of ether oxygens (including phenoxy) is 1. The van der Waals surface area contributed by atoms with Gasteiger partial charge in [0.15, 0.2) is 5.13 Å². The third-order valence-corrected chi connectivity index (χ3v) is 3.60. The van der Waals surface area contributed by atoms with Crippen molar-refractivity contribution in [3.63, 3.8) is 0 Å². The topological polar surface area (TPSA) is 51.2 Å². The number of rotatable bonds is 5. The lowest BCUT2D eigenvalue weighted by Gasteiger charge is -2.13. The number of para-hydroxylation sites is 1. The van der Waals surface area contributed by atoms with Gasteiger partial charge in [0.1, 0.15) is 0 Å². The van der Waals surface area contributed by atoms with E-state index in [1.54, 1.807) is 11.3 Å². The highest BCUT2D eigenvalue weighted by Crippen LogP contribution is 2.25. The first-order valence-electron chi connectivity index (χ1n) is 6.36. The second-order valence-electron chi connectivity index (χ2n) is 4.75.